The zero-order valence-electron chi connectivity index (χ0n) is 11.1. The third-order valence-corrected chi connectivity index (χ3v) is 3.95. The summed E-state index contributed by atoms with van der Waals surface area (Å²) < 4.78 is 52.0. The molecule has 112 valence electrons. The zero-order valence-corrected chi connectivity index (χ0v) is 12.6. The third-order valence-electron chi connectivity index (χ3n) is 3.09. The summed E-state index contributed by atoms with van der Waals surface area (Å²) in [6.07, 6.45) is -4.69. The summed E-state index contributed by atoms with van der Waals surface area (Å²) in [5.41, 5.74) is 0.883. The van der Waals surface area contributed by atoms with Gasteiger partial charge in [-0.05, 0) is 42.3 Å². The monoisotopic (exact) mass is 361 g/mol. The van der Waals surface area contributed by atoms with Crippen LogP contribution in [0.4, 0.5) is 23.2 Å². The van der Waals surface area contributed by atoms with Gasteiger partial charge in [0.1, 0.15) is 5.82 Å². The maximum atomic E-state index is 13.2. The lowest BCUT2D eigenvalue weighted by molar-refractivity contribution is -0.140. The maximum absolute atomic E-state index is 13.2. The van der Waals surface area contributed by atoms with Gasteiger partial charge < -0.3 is 5.32 Å². The van der Waals surface area contributed by atoms with Crippen molar-refractivity contribution in [3.63, 3.8) is 0 Å². The zero-order chi connectivity index (χ0) is 15.6. The molecule has 0 aliphatic carbocycles. The molecule has 2 aromatic rings. The summed E-state index contributed by atoms with van der Waals surface area (Å²) in [5, 5.41) is 3.05. The molecular formula is C15H12BrF4N. The van der Waals surface area contributed by atoms with Gasteiger partial charge in [-0.2, -0.15) is 13.2 Å². The van der Waals surface area contributed by atoms with Crippen molar-refractivity contribution in [1.82, 2.24) is 0 Å². The lowest BCUT2D eigenvalue weighted by Crippen LogP contribution is -2.10. The number of alkyl halides is 3. The van der Waals surface area contributed by atoms with Gasteiger partial charge in [0.15, 0.2) is 0 Å². The molecule has 2 rings (SSSR count). The van der Waals surface area contributed by atoms with Gasteiger partial charge in [-0.15, -0.1) is 0 Å². The van der Waals surface area contributed by atoms with Gasteiger partial charge in [0.2, 0.25) is 0 Å². The van der Waals surface area contributed by atoms with Crippen molar-refractivity contribution in [2.24, 2.45) is 0 Å². The highest BCUT2D eigenvalue weighted by atomic mass is 79.9. The van der Waals surface area contributed by atoms with E-state index in [1.165, 1.54) is 6.07 Å². The highest BCUT2D eigenvalue weighted by molar-refractivity contribution is 9.10. The van der Waals surface area contributed by atoms with Crippen LogP contribution in [0.25, 0.3) is 0 Å². The Kier molecular flexibility index (Phi) is 4.56. The molecule has 0 saturated carbocycles. The van der Waals surface area contributed by atoms with Gasteiger partial charge in [0.05, 0.1) is 5.56 Å². The fourth-order valence-electron chi connectivity index (χ4n) is 1.90. The van der Waals surface area contributed by atoms with Crippen molar-refractivity contribution in [2.45, 2.75) is 19.6 Å². The van der Waals surface area contributed by atoms with Crippen molar-refractivity contribution in [3.05, 3.63) is 63.4 Å². The lowest BCUT2D eigenvalue weighted by Gasteiger charge is -2.13. The predicted octanol–water partition coefficient (Wildman–Crippen LogP) is 5.53. The van der Waals surface area contributed by atoms with E-state index >= 15 is 0 Å². The molecule has 0 aliphatic heterocycles. The van der Waals surface area contributed by atoms with Crippen molar-refractivity contribution >= 4 is 21.6 Å². The van der Waals surface area contributed by atoms with Crippen LogP contribution < -0.4 is 5.32 Å². The summed E-state index contributed by atoms with van der Waals surface area (Å²) >= 11 is 3.38. The Morgan fingerprint density at radius 1 is 1.14 bits per heavy atom. The Morgan fingerprint density at radius 2 is 1.86 bits per heavy atom. The van der Waals surface area contributed by atoms with E-state index in [1.807, 2.05) is 25.1 Å². The summed E-state index contributed by atoms with van der Waals surface area (Å²) in [6.45, 7) is 2.07. The molecule has 2 aromatic carbocycles. The molecule has 0 amide bonds. The first-order valence-electron chi connectivity index (χ1n) is 6.13. The van der Waals surface area contributed by atoms with E-state index in [1.54, 1.807) is 0 Å². The minimum absolute atomic E-state index is 0.181. The van der Waals surface area contributed by atoms with Gasteiger partial charge in [-0.3, -0.25) is 0 Å². The number of benzene rings is 2. The second-order valence-corrected chi connectivity index (χ2v) is 5.43. The van der Waals surface area contributed by atoms with Crippen LogP contribution in [0.2, 0.25) is 0 Å². The normalized spacial score (nSPS) is 11.5. The number of nitrogens with one attached hydrogen (secondary N) is 1. The van der Waals surface area contributed by atoms with Crippen LogP contribution in [0, 0.1) is 12.7 Å². The first-order valence-corrected chi connectivity index (χ1v) is 6.93. The van der Waals surface area contributed by atoms with Crippen LogP contribution in [0.3, 0.4) is 0 Å². The Morgan fingerprint density at radius 3 is 2.52 bits per heavy atom. The molecule has 6 heteroatoms. The molecule has 1 N–H and O–H groups in total. The molecule has 21 heavy (non-hydrogen) atoms. The number of halogens is 5. The summed E-state index contributed by atoms with van der Waals surface area (Å²) in [6, 6.07) is 8.54. The Balaban J connectivity index is 2.19. The van der Waals surface area contributed by atoms with E-state index in [9.17, 15) is 17.6 Å². The van der Waals surface area contributed by atoms with Crippen LogP contribution >= 0.6 is 15.9 Å². The number of anilines is 1. The fraction of sp³-hybridized carbons (Fsp3) is 0.200. The van der Waals surface area contributed by atoms with E-state index in [-0.39, 0.29) is 6.54 Å². The van der Waals surface area contributed by atoms with Crippen LogP contribution in [0.15, 0.2) is 40.9 Å². The van der Waals surface area contributed by atoms with Gasteiger partial charge in [-0.25, -0.2) is 4.39 Å². The number of hydrogen-bond acceptors (Lipinski definition) is 1. The first-order chi connectivity index (χ1) is 9.79. The van der Waals surface area contributed by atoms with Gasteiger partial charge in [0.25, 0.3) is 0 Å². The molecule has 0 heterocycles. The maximum Gasteiger partial charge on any atom is 0.419 e. The van der Waals surface area contributed by atoms with E-state index in [2.05, 4.69) is 21.2 Å². The second kappa shape index (κ2) is 6.05. The molecule has 0 aromatic heterocycles. The number of rotatable bonds is 3. The SMILES string of the molecule is Cc1c(Br)cccc1NCc1ccc(F)c(C(F)(F)F)c1. The average Bonchev–Trinajstić information content (AvgIpc) is 2.40. The van der Waals surface area contributed by atoms with E-state index in [0.29, 0.717) is 5.56 Å². The van der Waals surface area contributed by atoms with Crippen LogP contribution in [0.1, 0.15) is 16.7 Å². The van der Waals surface area contributed by atoms with E-state index in [4.69, 9.17) is 0 Å². The fourth-order valence-corrected chi connectivity index (χ4v) is 2.26. The van der Waals surface area contributed by atoms with Gasteiger partial charge >= 0.3 is 6.18 Å². The topological polar surface area (TPSA) is 12.0 Å². The Bertz CT molecular complexity index is 653. The molecule has 1 nitrogen and oxygen atoms in total. The van der Waals surface area contributed by atoms with E-state index in [0.717, 1.165) is 27.9 Å². The molecule has 0 aliphatic rings. The Hall–Kier alpha value is -1.56. The third kappa shape index (κ3) is 3.75. The van der Waals surface area contributed by atoms with Crippen molar-refractivity contribution in [1.29, 1.82) is 0 Å². The van der Waals surface area contributed by atoms with Crippen LogP contribution in [0.5, 0.6) is 0 Å². The molecule has 0 atom stereocenters. The lowest BCUT2D eigenvalue weighted by atomic mass is 10.1. The molecule has 0 bridgehead atoms. The second-order valence-electron chi connectivity index (χ2n) is 4.58. The van der Waals surface area contributed by atoms with Crippen LogP contribution in [-0.4, -0.2) is 0 Å². The van der Waals surface area contributed by atoms with Crippen LogP contribution in [-0.2, 0) is 12.7 Å². The first kappa shape index (κ1) is 15.8. The highest BCUT2D eigenvalue weighted by Gasteiger charge is 2.34. The Labute approximate surface area is 128 Å². The van der Waals surface area contributed by atoms with Crippen molar-refractivity contribution in [2.75, 3.05) is 5.32 Å². The summed E-state index contributed by atoms with van der Waals surface area (Å²) in [7, 11) is 0. The quantitative estimate of drug-likeness (QED) is 0.709. The smallest absolute Gasteiger partial charge is 0.381 e. The highest BCUT2D eigenvalue weighted by Crippen LogP contribution is 2.32. The van der Waals surface area contributed by atoms with E-state index < -0.39 is 17.6 Å². The van der Waals surface area contributed by atoms with Crippen molar-refractivity contribution in [3.8, 4) is 0 Å². The minimum atomic E-state index is -4.69. The molecule has 0 unspecified atom stereocenters. The standard InChI is InChI=1S/C15H12BrF4N/c1-9-12(16)3-2-4-14(9)21-8-10-5-6-13(17)11(7-10)15(18,19)20/h2-7,21H,8H2,1H3. The molecule has 0 saturated heterocycles. The summed E-state index contributed by atoms with van der Waals surface area (Å²) in [4.78, 5) is 0. The van der Waals surface area contributed by atoms with Crippen molar-refractivity contribution < 1.29 is 17.6 Å². The molecule has 0 spiro atoms. The predicted molar refractivity (Wildman–Crippen MR) is 77.6 cm³/mol. The van der Waals surface area contributed by atoms with Gasteiger partial charge in [-0.1, -0.05) is 28.1 Å². The summed E-state index contributed by atoms with van der Waals surface area (Å²) in [5.74, 6) is -1.26. The molecule has 0 radical (unpaired) electrons. The minimum Gasteiger partial charge on any atom is -0.381 e. The largest absolute Gasteiger partial charge is 0.419 e. The molecular weight excluding hydrogens is 350 g/mol. The number of hydrogen-bond donors (Lipinski definition) is 1. The average molecular weight is 362 g/mol. The van der Waals surface area contributed by atoms with Gasteiger partial charge in [0, 0.05) is 16.7 Å². The molecule has 0 fully saturated rings.